The van der Waals surface area contributed by atoms with Gasteiger partial charge in [-0.3, -0.25) is 0 Å². The number of aromatic nitrogens is 1. The summed E-state index contributed by atoms with van der Waals surface area (Å²) in [6, 6.07) is 54.0. The van der Waals surface area contributed by atoms with E-state index in [4.69, 9.17) is 0 Å². The Morgan fingerprint density at radius 3 is 0.652 bits per heavy atom. The van der Waals surface area contributed by atoms with Crippen LogP contribution in [-0.2, 0) is 6.54 Å². The molecular weight excluding hydrogens is 843 g/mol. The van der Waals surface area contributed by atoms with Crippen LogP contribution in [0.2, 0.25) is 0 Å². The number of rotatable bonds is 19. The van der Waals surface area contributed by atoms with Gasteiger partial charge in [0.1, 0.15) is 0 Å². The second-order valence-corrected chi connectivity index (χ2v) is 21.3. The molecule has 1 aromatic heterocycles. The molecule has 0 aliphatic heterocycles. The van der Waals surface area contributed by atoms with Crippen molar-refractivity contribution in [3.8, 4) is 0 Å². The SMILES string of the molecule is CCn1c2ccc(N(c3ccc(N(C(C)C)C(C)C)cc3)c3ccc(N(C(C)C)C(C)C)cc3)cc2c2cc(N(c3ccc(N(C(C)C)C(C)C)cc3)c3ccc(N(C(C)C)C(C)C)cc3)ccc21. The number of hydrogen-bond donors (Lipinski definition) is 0. The van der Waals surface area contributed by atoms with E-state index in [1.54, 1.807) is 0 Å². The van der Waals surface area contributed by atoms with Crippen LogP contribution in [-0.4, -0.2) is 52.9 Å². The van der Waals surface area contributed by atoms with Crippen molar-refractivity contribution in [2.45, 2.75) is 173 Å². The molecule has 0 aliphatic rings. The summed E-state index contributed by atoms with van der Waals surface area (Å²) in [6.07, 6.45) is 0. The Balaban J connectivity index is 1.41. The Hall–Kier alpha value is -6.08. The van der Waals surface area contributed by atoms with Crippen LogP contribution in [0.3, 0.4) is 0 Å². The van der Waals surface area contributed by atoms with Crippen molar-refractivity contribution in [3.63, 3.8) is 0 Å². The largest absolute Gasteiger partial charge is 0.367 e. The van der Waals surface area contributed by atoms with E-state index in [2.05, 4.69) is 285 Å². The van der Waals surface area contributed by atoms with E-state index >= 15 is 0 Å². The third-order valence-corrected chi connectivity index (χ3v) is 13.7. The van der Waals surface area contributed by atoms with E-state index in [1.807, 2.05) is 0 Å². The zero-order chi connectivity index (χ0) is 50.0. The minimum atomic E-state index is 0.391. The van der Waals surface area contributed by atoms with Crippen LogP contribution in [0.25, 0.3) is 21.8 Å². The van der Waals surface area contributed by atoms with E-state index in [1.165, 1.54) is 44.6 Å². The molecule has 0 amide bonds. The smallest absolute Gasteiger partial charge is 0.0492 e. The summed E-state index contributed by atoms with van der Waals surface area (Å²) in [5.41, 5.74) is 14.2. The Labute approximate surface area is 416 Å². The van der Waals surface area contributed by atoms with Crippen LogP contribution in [0.15, 0.2) is 133 Å². The molecule has 7 heteroatoms. The number of hydrogen-bond acceptors (Lipinski definition) is 6. The first-order valence-corrected chi connectivity index (χ1v) is 26.0. The highest BCUT2D eigenvalue weighted by atomic mass is 15.2. The summed E-state index contributed by atoms with van der Waals surface area (Å²) in [6.45, 7) is 39.6. The fourth-order valence-corrected chi connectivity index (χ4v) is 11.5. The molecule has 7 aromatic rings. The molecule has 7 rings (SSSR count). The first-order chi connectivity index (χ1) is 32.8. The molecule has 0 radical (unpaired) electrons. The van der Waals surface area contributed by atoms with Crippen molar-refractivity contribution >= 4 is 78.7 Å². The highest BCUT2D eigenvalue weighted by Gasteiger charge is 2.23. The first kappa shape index (κ1) is 50.8. The highest BCUT2D eigenvalue weighted by molar-refractivity contribution is 6.11. The molecule has 0 spiro atoms. The number of benzene rings is 6. The zero-order valence-corrected chi connectivity index (χ0v) is 45.2. The average Bonchev–Trinajstić information content (AvgIpc) is 3.60. The summed E-state index contributed by atoms with van der Waals surface area (Å²) >= 11 is 0. The number of anilines is 10. The van der Waals surface area contributed by atoms with Gasteiger partial charge in [0.2, 0.25) is 0 Å². The molecule has 0 N–H and O–H groups in total. The molecular formula is C62H83N7. The van der Waals surface area contributed by atoms with E-state index in [-0.39, 0.29) is 0 Å². The molecule has 0 aliphatic carbocycles. The van der Waals surface area contributed by atoms with E-state index in [0.29, 0.717) is 48.3 Å². The second-order valence-electron chi connectivity index (χ2n) is 21.3. The molecule has 0 saturated carbocycles. The van der Waals surface area contributed by atoms with Gasteiger partial charge in [-0.05, 0) is 251 Å². The maximum absolute atomic E-state index is 2.49. The highest BCUT2D eigenvalue weighted by Crippen LogP contribution is 2.43. The lowest BCUT2D eigenvalue weighted by Gasteiger charge is -2.34. The third kappa shape index (κ3) is 10.4. The van der Waals surface area contributed by atoms with Gasteiger partial charge in [-0.1, -0.05) is 0 Å². The number of fused-ring (bicyclic) bond motifs is 3. The molecule has 0 fully saturated rings. The number of nitrogens with zero attached hydrogens (tertiary/aromatic N) is 7. The quantitative estimate of drug-likeness (QED) is 0.0801. The van der Waals surface area contributed by atoms with Crippen molar-refractivity contribution < 1.29 is 0 Å². The Morgan fingerprint density at radius 2 is 0.464 bits per heavy atom. The molecule has 0 bridgehead atoms. The monoisotopic (exact) mass is 926 g/mol. The fourth-order valence-electron chi connectivity index (χ4n) is 11.5. The standard InChI is InChI=1S/C62H83N7/c1-18-63-61-37-35-57(68(53-27-19-49(20-28-53)64(41(2)3)42(4)5)54-29-21-50(22-30-54)65(43(6)7)44(8)9)39-59(61)60-40-58(36-38-62(60)63)69(55-31-23-51(24-32-55)66(45(10)11)46(12)13)56-33-25-52(26-34-56)67(47(14)15)48(16)17/h19-48H,18H2,1-17H3. The fraction of sp³-hybridized carbons (Fsp3) is 0.419. The van der Waals surface area contributed by atoms with Gasteiger partial charge in [0.15, 0.2) is 0 Å². The molecule has 7 nitrogen and oxygen atoms in total. The van der Waals surface area contributed by atoms with Crippen LogP contribution < -0.4 is 29.4 Å². The summed E-state index contributed by atoms with van der Waals surface area (Å²) in [7, 11) is 0. The van der Waals surface area contributed by atoms with Crippen LogP contribution in [0, 0.1) is 0 Å². The average molecular weight is 926 g/mol. The van der Waals surface area contributed by atoms with Gasteiger partial charge < -0.3 is 34.0 Å². The van der Waals surface area contributed by atoms with E-state index < -0.39 is 0 Å². The second kappa shape index (κ2) is 21.3. The Kier molecular flexibility index (Phi) is 15.7. The van der Waals surface area contributed by atoms with Gasteiger partial charge in [-0.2, -0.15) is 0 Å². The first-order valence-electron chi connectivity index (χ1n) is 26.0. The molecule has 366 valence electrons. The minimum Gasteiger partial charge on any atom is -0.367 e. The van der Waals surface area contributed by atoms with Gasteiger partial charge in [-0.15, -0.1) is 0 Å². The summed E-state index contributed by atoms with van der Waals surface area (Å²) in [4.78, 5) is 14.8. The molecule has 1 heterocycles. The summed E-state index contributed by atoms with van der Waals surface area (Å²) < 4.78 is 2.47. The molecule has 6 aromatic carbocycles. The van der Waals surface area contributed by atoms with Gasteiger partial charge in [0.25, 0.3) is 0 Å². The molecule has 0 unspecified atom stereocenters. The van der Waals surface area contributed by atoms with Crippen molar-refractivity contribution in [2.24, 2.45) is 0 Å². The predicted octanol–water partition coefficient (Wildman–Crippen LogP) is 17.2. The van der Waals surface area contributed by atoms with Crippen molar-refractivity contribution in [1.29, 1.82) is 0 Å². The lowest BCUT2D eigenvalue weighted by atomic mass is 10.1. The van der Waals surface area contributed by atoms with E-state index in [9.17, 15) is 0 Å². The van der Waals surface area contributed by atoms with Gasteiger partial charge in [0.05, 0.1) is 0 Å². The van der Waals surface area contributed by atoms with Crippen LogP contribution in [0.5, 0.6) is 0 Å². The zero-order valence-electron chi connectivity index (χ0n) is 45.2. The lowest BCUT2D eigenvalue weighted by Crippen LogP contribution is -2.37. The Bertz CT molecular complexity index is 2390. The van der Waals surface area contributed by atoms with Crippen molar-refractivity contribution in [1.82, 2.24) is 4.57 Å². The van der Waals surface area contributed by atoms with Crippen molar-refractivity contribution in [3.05, 3.63) is 133 Å². The normalized spacial score (nSPS) is 12.1. The maximum Gasteiger partial charge on any atom is 0.0492 e. The van der Waals surface area contributed by atoms with Gasteiger partial charge in [0, 0.05) is 134 Å². The van der Waals surface area contributed by atoms with Crippen LogP contribution >= 0.6 is 0 Å². The predicted molar refractivity (Wildman–Crippen MR) is 305 cm³/mol. The van der Waals surface area contributed by atoms with E-state index in [0.717, 1.165) is 40.7 Å². The number of aryl methyl sites for hydroxylation is 1. The van der Waals surface area contributed by atoms with Gasteiger partial charge >= 0.3 is 0 Å². The Morgan fingerprint density at radius 1 is 0.275 bits per heavy atom. The van der Waals surface area contributed by atoms with Crippen LogP contribution in [0.1, 0.15) is 118 Å². The topological polar surface area (TPSA) is 24.4 Å². The minimum absolute atomic E-state index is 0.391. The third-order valence-electron chi connectivity index (χ3n) is 13.7. The summed E-state index contributed by atoms with van der Waals surface area (Å²) in [5, 5.41) is 2.47. The lowest BCUT2D eigenvalue weighted by molar-refractivity contribution is 0.608. The maximum atomic E-state index is 2.49. The van der Waals surface area contributed by atoms with Crippen molar-refractivity contribution in [2.75, 3.05) is 29.4 Å². The molecule has 0 saturated heterocycles. The van der Waals surface area contributed by atoms with Gasteiger partial charge in [-0.25, -0.2) is 0 Å². The molecule has 69 heavy (non-hydrogen) atoms. The van der Waals surface area contributed by atoms with Crippen LogP contribution in [0.4, 0.5) is 56.9 Å². The molecule has 0 atom stereocenters. The summed E-state index contributed by atoms with van der Waals surface area (Å²) in [5.74, 6) is 0.